The highest BCUT2D eigenvalue weighted by molar-refractivity contribution is 5.66. The Balaban J connectivity index is 0.000000231. The van der Waals surface area contributed by atoms with Crippen LogP contribution in [0.15, 0.2) is 48.5 Å². The molecule has 0 saturated heterocycles. The van der Waals surface area contributed by atoms with Gasteiger partial charge in [-0.15, -0.1) is 13.2 Å². The predicted molar refractivity (Wildman–Crippen MR) is 143 cm³/mol. The molecule has 1 aliphatic rings. The molecule has 1 aliphatic carbocycles. The molecule has 0 bridgehead atoms. The summed E-state index contributed by atoms with van der Waals surface area (Å²) in [5.41, 5.74) is 1.24. The molecule has 42 heavy (non-hydrogen) atoms. The molecular weight excluding hydrogens is 571 g/mol. The first-order valence-electron chi connectivity index (χ1n) is 14.0. The molecule has 0 atom stereocenters. The summed E-state index contributed by atoms with van der Waals surface area (Å²) in [7, 11) is 0. The highest BCUT2D eigenvalue weighted by Gasteiger charge is 2.34. The van der Waals surface area contributed by atoms with Crippen LogP contribution in [0.4, 0.5) is 39.5 Å². The van der Waals surface area contributed by atoms with Crippen molar-refractivity contribution in [3.63, 3.8) is 0 Å². The first-order valence-corrected chi connectivity index (χ1v) is 14.0. The second kappa shape index (κ2) is 15.3. The van der Waals surface area contributed by atoms with Crippen molar-refractivity contribution in [2.24, 2.45) is 5.92 Å². The van der Waals surface area contributed by atoms with Crippen molar-refractivity contribution in [1.29, 1.82) is 0 Å². The lowest BCUT2D eigenvalue weighted by Crippen LogP contribution is -2.19. The van der Waals surface area contributed by atoms with Crippen molar-refractivity contribution in [3.8, 4) is 16.9 Å². The molecule has 4 rings (SSSR count). The van der Waals surface area contributed by atoms with E-state index in [0.29, 0.717) is 5.92 Å². The lowest BCUT2D eigenvalue weighted by atomic mass is 9.77. The molecule has 0 aromatic heterocycles. The Labute approximate surface area is 239 Å². The molecule has 0 aliphatic heterocycles. The number of alkyl halides is 4. The van der Waals surface area contributed by atoms with Crippen LogP contribution in [-0.4, -0.2) is 13.0 Å². The van der Waals surface area contributed by atoms with Gasteiger partial charge in [-0.3, -0.25) is 4.39 Å². The molecule has 1 fully saturated rings. The first kappa shape index (κ1) is 33.3. The number of aryl methyl sites for hydroxylation is 1. The van der Waals surface area contributed by atoms with E-state index in [-0.39, 0.29) is 30.9 Å². The average molecular weight is 605 g/mol. The Kier molecular flexibility index (Phi) is 12.2. The maximum Gasteiger partial charge on any atom is 0.573 e. The van der Waals surface area contributed by atoms with Gasteiger partial charge in [-0.2, -0.15) is 0 Å². The molecule has 1 nitrogen and oxygen atoms in total. The maximum absolute atomic E-state index is 13.5. The molecule has 0 N–H and O–H groups in total. The van der Waals surface area contributed by atoms with Gasteiger partial charge in [0.2, 0.25) is 5.75 Å². The third-order valence-electron chi connectivity index (χ3n) is 7.40. The molecule has 1 saturated carbocycles. The van der Waals surface area contributed by atoms with E-state index in [1.165, 1.54) is 62.5 Å². The normalized spacial score (nSPS) is 17.0. The summed E-state index contributed by atoms with van der Waals surface area (Å²) < 4.78 is 118. The van der Waals surface area contributed by atoms with Crippen molar-refractivity contribution in [2.45, 2.75) is 77.0 Å². The molecule has 0 spiro atoms. The van der Waals surface area contributed by atoms with Gasteiger partial charge in [-0.25, -0.2) is 22.0 Å². The van der Waals surface area contributed by atoms with Crippen molar-refractivity contribution >= 4 is 0 Å². The van der Waals surface area contributed by atoms with Crippen LogP contribution in [-0.2, 0) is 6.42 Å². The first-order chi connectivity index (χ1) is 19.9. The smallest absolute Gasteiger partial charge is 0.399 e. The van der Waals surface area contributed by atoms with E-state index >= 15 is 0 Å². The van der Waals surface area contributed by atoms with Gasteiger partial charge in [0, 0.05) is 12.1 Å². The molecule has 0 amide bonds. The minimum atomic E-state index is -5.35. The zero-order valence-corrected chi connectivity index (χ0v) is 23.2. The van der Waals surface area contributed by atoms with Gasteiger partial charge in [0.15, 0.2) is 11.6 Å². The highest BCUT2D eigenvalue weighted by atomic mass is 19.4. The highest BCUT2D eigenvalue weighted by Crippen LogP contribution is 2.37. The van der Waals surface area contributed by atoms with Crippen LogP contribution >= 0.6 is 0 Å². The fourth-order valence-corrected chi connectivity index (χ4v) is 5.21. The van der Waals surface area contributed by atoms with Crippen LogP contribution in [0, 0.1) is 35.0 Å². The van der Waals surface area contributed by atoms with Gasteiger partial charge < -0.3 is 4.74 Å². The van der Waals surface area contributed by atoms with E-state index in [9.17, 15) is 39.5 Å². The van der Waals surface area contributed by atoms with E-state index in [1.807, 2.05) is 0 Å². The van der Waals surface area contributed by atoms with E-state index in [0.717, 1.165) is 12.3 Å². The van der Waals surface area contributed by atoms with Crippen LogP contribution in [0.5, 0.6) is 5.75 Å². The maximum atomic E-state index is 13.5. The number of hydrogen-bond acceptors (Lipinski definition) is 1. The minimum absolute atomic E-state index is 0.137. The molecule has 0 heterocycles. The largest absolute Gasteiger partial charge is 0.573 e. The summed E-state index contributed by atoms with van der Waals surface area (Å²) in [4.78, 5) is 0. The van der Waals surface area contributed by atoms with E-state index in [1.54, 1.807) is 0 Å². The van der Waals surface area contributed by atoms with Crippen LogP contribution in [0.2, 0.25) is 0 Å². The summed E-state index contributed by atoms with van der Waals surface area (Å²) in [5, 5.41) is 0. The fourth-order valence-electron chi connectivity index (χ4n) is 5.21. The van der Waals surface area contributed by atoms with E-state index in [2.05, 4.69) is 35.9 Å². The van der Waals surface area contributed by atoms with Crippen molar-refractivity contribution in [2.75, 3.05) is 6.67 Å². The fraction of sp³-hybridized carbons (Fsp3) is 0.438. The number of halogens is 9. The standard InChI is InChI=1S/C19H29F.C13H4F8O/c1-2-3-4-5-16-6-10-18(11-7-16)19-12-8-17(9-13-19)14-15-20;14-6-3-7(15)11(8(16)4-6)5-1-9(17)12(10(18)2-5)22-13(19,20)21/h6-7,10-11,17,19H,2-5,8-9,12-15H2,1H3;1-4H. The Hall–Kier alpha value is -3.17. The molecule has 3 aromatic rings. The molecule has 0 unspecified atom stereocenters. The monoisotopic (exact) mass is 604 g/mol. The second-order valence-corrected chi connectivity index (χ2v) is 10.5. The molecule has 10 heteroatoms. The zero-order chi connectivity index (χ0) is 30.9. The van der Waals surface area contributed by atoms with Gasteiger partial charge in [-0.1, -0.05) is 44.0 Å². The molecule has 0 radical (unpaired) electrons. The summed E-state index contributed by atoms with van der Waals surface area (Å²) in [5.74, 6) is -8.26. The van der Waals surface area contributed by atoms with Gasteiger partial charge in [-0.05, 0) is 85.6 Å². The predicted octanol–water partition coefficient (Wildman–Crippen LogP) is 11.0. The number of hydrogen-bond donors (Lipinski definition) is 0. The number of rotatable bonds is 9. The van der Waals surface area contributed by atoms with E-state index in [4.69, 9.17) is 0 Å². The molecule has 230 valence electrons. The van der Waals surface area contributed by atoms with Crippen molar-refractivity contribution in [3.05, 3.63) is 88.7 Å². The average Bonchev–Trinajstić information content (AvgIpc) is 2.91. The topological polar surface area (TPSA) is 9.23 Å². The summed E-state index contributed by atoms with van der Waals surface area (Å²) in [6.45, 7) is 2.12. The van der Waals surface area contributed by atoms with Crippen LogP contribution < -0.4 is 4.74 Å². The lowest BCUT2D eigenvalue weighted by molar-refractivity contribution is -0.276. The van der Waals surface area contributed by atoms with Crippen LogP contribution in [0.25, 0.3) is 11.1 Å². The van der Waals surface area contributed by atoms with Crippen molar-refractivity contribution in [1.82, 2.24) is 0 Å². The summed E-state index contributed by atoms with van der Waals surface area (Å²) >= 11 is 0. The summed E-state index contributed by atoms with van der Waals surface area (Å²) in [6.07, 6.45) is 5.51. The van der Waals surface area contributed by atoms with Gasteiger partial charge in [0.25, 0.3) is 0 Å². The third kappa shape index (κ3) is 9.70. The lowest BCUT2D eigenvalue weighted by Gasteiger charge is -2.28. The molecular formula is C32H33F9O. The number of benzene rings is 3. The van der Waals surface area contributed by atoms with Gasteiger partial charge in [0.1, 0.15) is 17.5 Å². The Morgan fingerprint density at radius 3 is 1.83 bits per heavy atom. The molecule has 3 aromatic carbocycles. The second-order valence-electron chi connectivity index (χ2n) is 10.5. The Morgan fingerprint density at radius 1 is 0.762 bits per heavy atom. The number of unbranched alkanes of at least 4 members (excludes halogenated alkanes) is 2. The Bertz CT molecular complexity index is 1230. The van der Waals surface area contributed by atoms with Crippen LogP contribution in [0.3, 0.4) is 0 Å². The third-order valence-corrected chi connectivity index (χ3v) is 7.40. The minimum Gasteiger partial charge on any atom is -0.399 e. The zero-order valence-electron chi connectivity index (χ0n) is 23.2. The SMILES string of the molecule is CCCCCc1ccc(C2CCC(CCF)CC2)cc1.Fc1cc(F)c(-c2cc(F)c(OC(F)(F)F)c(F)c2)c(F)c1. The van der Waals surface area contributed by atoms with Gasteiger partial charge >= 0.3 is 6.36 Å². The Morgan fingerprint density at radius 2 is 1.33 bits per heavy atom. The number of ether oxygens (including phenoxy) is 1. The quantitative estimate of drug-likeness (QED) is 0.174. The van der Waals surface area contributed by atoms with E-state index < -0.39 is 52.3 Å². The van der Waals surface area contributed by atoms with Gasteiger partial charge in [0.05, 0.1) is 12.2 Å². The summed E-state index contributed by atoms with van der Waals surface area (Å²) in [6, 6.07) is 10.3. The van der Waals surface area contributed by atoms with Crippen molar-refractivity contribution < 1.29 is 44.3 Å². The van der Waals surface area contributed by atoms with Crippen LogP contribution in [0.1, 0.15) is 75.3 Å².